The van der Waals surface area contributed by atoms with E-state index in [1.807, 2.05) is 0 Å². The average Bonchev–Trinajstić information content (AvgIpc) is 0.785. The quantitative estimate of drug-likeness (QED) is 0.144. The summed E-state index contributed by atoms with van der Waals surface area (Å²) < 4.78 is 0. The van der Waals surface area contributed by atoms with Crippen LogP contribution in [0.5, 0.6) is 0 Å². The van der Waals surface area contributed by atoms with Crippen LogP contribution in [0.15, 0.2) is 0 Å². The zero-order valence-corrected chi connectivity index (χ0v) is 86.2. The molecule has 120 heavy (non-hydrogen) atoms. The molecule has 15 aliphatic rings. The van der Waals surface area contributed by atoms with Crippen LogP contribution < -0.4 is 0 Å². The summed E-state index contributed by atoms with van der Waals surface area (Å²) in [4.78, 5) is 0. The number of rotatable bonds is 16. The van der Waals surface area contributed by atoms with Gasteiger partial charge in [-0.3, -0.25) is 0 Å². The molecule has 0 aromatic rings. The largest absolute Gasteiger partial charge is 0.0625 e. The molecule has 15 fully saturated rings. The maximum Gasteiger partial charge on any atom is -0.0334 e. The Hall–Kier alpha value is 0. The SMILES string of the molecule is CC1CCC(C2CC(C)C(C3CC(C)C(C)C(C)C3)C(C)C2)CC1.CC1CCC(C2CCC(C3CC(C)C(C)C(C)C3)CC2)CC1.CC1CCC(C2CCC(CCC3CC(C)C(C)C(C)C3)CC2)CC1.CC1CCC(CCC2CC(C)C(C3CC(C)C(C)C(C)C3)C(C)C2)CC1.CC1CCC(CCC2CCC(C3CC(C)C(C)C(C)C3)CC2)CC1. The molecule has 0 spiro atoms. The van der Waals surface area contributed by atoms with E-state index in [0.717, 1.165) is 260 Å². The van der Waals surface area contributed by atoms with Gasteiger partial charge in [0.25, 0.3) is 0 Å². The lowest BCUT2D eigenvalue weighted by Crippen LogP contribution is -2.41. The van der Waals surface area contributed by atoms with Crippen LogP contribution in [0.4, 0.5) is 0 Å². The van der Waals surface area contributed by atoms with Gasteiger partial charge >= 0.3 is 0 Å². The Morgan fingerprint density at radius 2 is 0.250 bits per heavy atom. The molecular weight excluding hydrogens is 1440 g/mol. The van der Waals surface area contributed by atoms with E-state index in [-0.39, 0.29) is 0 Å². The lowest BCUT2D eigenvalue weighted by Gasteiger charge is -2.50. The first-order valence-corrected chi connectivity index (χ1v) is 57.3. The summed E-state index contributed by atoms with van der Waals surface area (Å²) in [6.45, 7) is 60.4. The normalized spacial score (nSPS) is 50.0. The lowest BCUT2D eigenvalue weighted by molar-refractivity contribution is 0.000179. The van der Waals surface area contributed by atoms with Crippen LogP contribution in [0.1, 0.15) is 500 Å². The van der Waals surface area contributed by atoms with Crippen molar-refractivity contribution in [2.75, 3.05) is 0 Å². The highest BCUT2D eigenvalue weighted by atomic mass is 14.5. The molecule has 0 N–H and O–H groups in total. The summed E-state index contributed by atoms with van der Waals surface area (Å²) in [6, 6.07) is 0. The Bertz CT molecular complexity index is 2620. The summed E-state index contributed by atoms with van der Waals surface area (Å²) in [6.07, 6.45) is 79.8. The Morgan fingerprint density at radius 3 is 0.475 bits per heavy atom. The first-order chi connectivity index (χ1) is 57.3. The molecule has 0 aromatic carbocycles. The molecule has 0 radical (unpaired) electrons. The fraction of sp³-hybridized carbons (Fsp3) is 1.00. The summed E-state index contributed by atoms with van der Waals surface area (Å²) in [5, 5.41) is 0. The van der Waals surface area contributed by atoms with Gasteiger partial charge in [0.05, 0.1) is 0 Å². The molecule has 14 unspecified atom stereocenters. The standard InChI is InChI=1S/C26H48.3C24H44.C22H40/c1-17-7-9-23(10-8-17)11-12-24-13-20(4)26(21(5)14-24)25-15-18(2)22(6)19(3)16-25;1-15-7-9-21(10-8-15)22-13-18(4)24(19(5)14-22)23-11-16(2)20(6)17(3)12-23;1-17-5-11-23(12-6-17)24-13-9-21(10-14-24)7-8-22-15-18(2)20(4)19(3)16-22;1-17-5-7-21(8-6-17)9-10-22-11-13-23(14-12-22)24-15-18(2)20(4)19(3)16-24;1-15-5-7-19(8-6-15)20-9-11-21(12-10-20)22-13-16(2)18(4)17(3)14-22/h17-26H,7-16H2,1-6H3;15-24H,7-14H2,1-6H3;2*17-24H,5-16H2,1-4H3;15-22H,5-14H2,1-4H3. The van der Waals surface area contributed by atoms with E-state index in [1.54, 1.807) is 135 Å². The second-order valence-corrected chi connectivity index (χ2v) is 53.2. The van der Waals surface area contributed by atoms with Crippen LogP contribution in [0.25, 0.3) is 0 Å². The van der Waals surface area contributed by atoms with Gasteiger partial charge in [-0.15, -0.1) is 0 Å². The highest BCUT2D eigenvalue weighted by molar-refractivity contribution is 4.97. The van der Waals surface area contributed by atoms with Crippen molar-refractivity contribution in [1.82, 2.24) is 0 Å². The Labute approximate surface area is 755 Å². The first-order valence-electron chi connectivity index (χ1n) is 57.3. The van der Waals surface area contributed by atoms with Gasteiger partial charge in [-0.25, -0.2) is 0 Å². The van der Waals surface area contributed by atoms with Crippen LogP contribution in [-0.4, -0.2) is 0 Å². The fourth-order valence-electron chi connectivity index (χ4n) is 34.3. The Morgan fingerprint density at radius 1 is 0.117 bits per heavy atom. The number of hydrogen-bond acceptors (Lipinski definition) is 0. The molecule has 0 nitrogen and oxygen atoms in total. The van der Waals surface area contributed by atoms with E-state index < -0.39 is 0 Å². The van der Waals surface area contributed by atoms with Crippen LogP contribution in [-0.2, 0) is 0 Å². The Kier molecular flexibility index (Phi) is 41.0. The van der Waals surface area contributed by atoms with Gasteiger partial charge in [0.15, 0.2) is 0 Å². The molecule has 0 saturated heterocycles. The molecule has 0 heterocycles. The fourth-order valence-corrected chi connectivity index (χ4v) is 34.3. The summed E-state index contributed by atoms with van der Waals surface area (Å²) >= 11 is 0. The van der Waals surface area contributed by atoms with E-state index in [9.17, 15) is 0 Å². The highest BCUT2D eigenvalue weighted by Crippen LogP contribution is 2.57. The van der Waals surface area contributed by atoms with Crippen molar-refractivity contribution in [2.45, 2.75) is 500 Å². The van der Waals surface area contributed by atoms with Crippen molar-refractivity contribution < 1.29 is 0 Å². The molecule has 0 heteroatoms. The molecule has 0 bridgehead atoms. The van der Waals surface area contributed by atoms with E-state index >= 15 is 0 Å². The van der Waals surface area contributed by atoms with Crippen molar-refractivity contribution in [3.05, 3.63) is 0 Å². The third-order valence-corrected chi connectivity index (χ3v) is 44.6. The van der Waals surface area contributed by atoms with Crippen molar-refractivity contribution in [3.8, 4) is 0 Å². The van der Waals surface area contributed by atoms with E-state index in [4.69, 9.17) is 0 Å². The predicted octanol–water partition coefficient (Wildman–Crippen LogP) is 38.0. The molecule has 0 amide bonds. The Balaban J connectivity index is 0.000000147. The maximum atomic E-state index is 2.62. The monoisotopic (exact) mass is 1660 g/mol. The molecule has 700 valence electrons. The zero-order chi connectivity index (χ0) is 86.2. The zero-order valence-electron chi connectivity index (χ0n) is 86.2. The minimum absolute atomic E-state index is 0.936. The molecule has 15 saturated carbocycles. The van der Waals surface area contributed by atoms with Crippen LogP contribution in [0.3, 0.4) is 0 Å². The summed E-state index contributed by atoms with van der Waals surface area (Å²) in [7, 11) is 0. The van der Waals surface area contributed by atoms with Crippen molar-refractivity contribution in [1.29, 1.82) is 0 Å². The smallest absolute Gasteiger partial charge is 0.0334 e. The average molecular weight is 1660 g/mol. The van der Waals surface area contributed by atoms with Crippen molar-refractivity contribution >= 4 is 0 Å². The van der Waals surface area contributed by atoms with Gasteiger partial charge < -0.3 is 0 Å². The van der Waals surface area contributed by atoms with Gasteiger partial charge in [0, 0.05) is 0 Å². The van der Waals surface area contributed by atoms with Crippen LogP contribution in [0.2, 0.25) is 0 Å². The molecule has 15 aliphatic carbocycles. The summed E-state index contributed by atoms with van der Waals surface area (Å²) in [5.74, 6) is 44.4. The van der Waals surface area contributed by atoms with E-state index in [0.29, 0.717) is 0 Å². The predicted molar refractivity (Wildman–Crippen MR) is 530 cm³/mol. The summed E-state index contributed by atoms with van der Waals surface area (Å²) in [5.41, 5.74) is 0. The highest BCUT2D eigenvalue weighted by Gasteiger charge is 2.47. The minimum Gasteiger partial charge on any atom is -0.0625 e. The molecule has 0 aromatic heterocycles. The van der Waals surface area contributed by atoms with Gasteiger partial charge in [0.2, 0.25) is 0 Å². The lowest BCUT2D eigenvalue weighted by atomic mass is 9.56. The van der Waals surface area contributed by atoms with Gasteiger partial charge in [0.1, 0.15) is 0 Å². The van der Waals surface area contributed by atoms with Gasteiger partial charge in [-0.2, -0.15) is 0 Å². The topological polar surface area (TPSA) is 0 Å². The van der Waals surface area contributed by atoms with E-state index in [2.05, 4.69) is 166 Å². The third-order valence-electron chi connectivity index (χ3n) is 44.6. The van der Waals surface area contributed by atoms with E-state index in [1.165, 1.54) is 199 Å². The second kappa shape index (κ2) is 48.9. The third kappa shape index (κ3) is 29.2. The van der Waals surface area contributed by atoms with Crippen LogP contribution >= 0.6 is 0 Å². The molecular formula is C120H220. The maximum absolute atomic E-state index is 2.62. The van der Waals surface area contributed by atoms with Crippen LogP contribution in [0, 0.1) is 260 Å². The molecule has 14 atom stereocenters. The first kappa shape index (κ1) is 101. The van der Waals surface area contributed by atoms with Crippen molar-refractivity contribution in [2.24, 2.45) is 260 Å². The minimum atomic E-state index is 0.936. The van der Waals surface area contributed by atoms with Crippen molar-refractivity contribution in [3.63, 3.8) is 0 Å². The second-order valence-electron chi connectivity index (χ2n) is 53.2. The molecule has 15 rings (SSSR count). The molecule has 0 aliphatic heterocycles. The number of hydrogen-bond donors (Lipinski definition) is 0. The van der Waals surface area contributed by atoms with Gasteiger partial charge in [-0.1, -0.05) is 320 Å². The van der Waals surface area contributed by atoms with Gasteiger partial charge in [-0.05, 0) is 440 Å².